The molecule has 0 fully saturated rings. The average Bonchev–Trinajstić information content (AvgIpc) is 2.23. The highest BCUT2D eigenvalue weighted by atomic mass is 14.9. The topological polar surface area (TPSA) is 3.88 Å². The molecule has 0 aliphatic rings. The molecule has 0 N–H and O–H groups in total. The van der Waals surface area contributed by atoms with Crippen molar-refractivity contribution in [3.05, 3.63) is 54.2 Å². The maximum Gasteiger partial charge on any atom is 0.212 e. The summed E-state index contributed by atoms with van der Waals surface area (Å²) in [6, 6.07) is 12.5. The van der Waals surface area contributed by atoms with E-state index in [4.69, 9.17) is 1.37 Å². The molecule has 0 aliphatic heterocycles. The third kappa shape index (κ3) is 1.53. The fourth-order valence-corrected chi connectivity index (χ4v) is 1.59. The molecule has 1 aromatic heterocycles. The predicted octanol–water partition coefficient (Wildman–Crippen LogP) is 2.49. The minimum atomic E-state index is 0.548. The number of aromatic nitrogens is 1. The molecular formula is C13H14N+. The molecule has 0 atom stereocenters. The molecule has 2 aromatic rings. The van der Waals surface area contributed by atoms with Gasteiger partial charge >= 0.3 is 0 Å². The second kappa shape index (κ2) is 3.62. The van der Waals surface area contributed by atoms with Gasteiger partial charge in [-0.2, -0.15) is 0 Å². The molecular weight excluding hydrogens is 170 g/mol. The lowest BCUT2D eigenvalue weighted by molar-refractivity contribution is -0.660. The van der Waals surface area contributed by atoms with Gasteiger partial charge < -0.3 is 0 Å². The molecule has 0 amide bonds. The highest BCUT2D eigenvalue weighted by Crippen LogP contribution is 2.18. The molecule has 0 bridgehead atoms. The molecule has 14 heavy (non-hydrogen) atoms. The van der Waals surface area contributed by atoms with Crippen LogP contribution in [0.2, 0.25) is 0 Å². The van der Waals surface area contributed by atoms with E-state index in [9.17, 15) is 0 Å². The fraction of sp³-hybridized carbons (Fsp3) is 0.154. The number of rotatable bonds is 1. The molecule has 0 spiro atoms. The van der Waals surface area contributed by atoms with Crippen LogP contribution in [0.1, 0.15) is 6.93 Å². The van der Waals surface area contributed by atoms with Gasteiger partial charge in [0.25, 0.3) is 0 Å². The van der Waals surface area contributed by atoms with E-state index in [0.717, 1.165) is 5.69 Å². The van der Waals surface area contributed by atoms with Crippen molar-refractivity contribution in [1.82, 2.24) is 0 Å². The first-order chi connectivity index (χ1) is 7.18. The Morgan fingerprint density at radius 3 is 2.71 bits per heavy atom. The quantitative estimate of drug-likeness (QED) is 0.601. The Kier molecular flexibility index (Phi) is 2.00. The smallest absolute Gasteiger partial charge is 0.201 e. The van der Waals surface area contributed by atoms with E-state index in [1.807, 2.05) is 36.0 Å². The van der Waals surface area contributed by atoms with E-state index >= 15 is 0 Å². The number of pyridine rings is 1. The van der Waals surface area contributed by atoms with Crippen molar-refractivity contribution in [2.45, 2.75) is 6.92 Å². The van der Waals surface area contributed by atoms with Crippen LogP contribution in [0.4, 0.5) is 0 Å². The van der Waals surface area contributed by atoms with Crippen LogP contribution in [0.25, 0.3) is 11.3 Å². The molecule has 70 valence electrons. The molecule has 1 heteroatoms. The number of hydrogen-bond donors (Lipinski definition) is 0. The second-order valence-electron chi connectivity index (χ2n) is 3.44. The first kappa shape index (κ1) is 7.74. The minimum absolute atomic E-state index is 0.548. The number of benzene rings is 1. The number of nitrogens with zero attached hydrogens (tertiary/aromatic N) is 1. The summed E-state index contributed by atoms with van der Waals surface area (Å²) in [4.78, 5) is 0. The van der Waals surface area contributed by atoms with Crippen LogP contribution < -0.4 is 4.57 Å². The van der Waals surface area contributed by atoms with Gasteiger partial charge in [0.1, 0.15) is 7.05 Å². The van der Waals surface area contributed by atoms with Crippen molar-refractivity contribution in [2.75, 3.05) is 0 Å². The Morgan fingerprint density at radius 1 is 1.14 bits per heavy atom. The van der Waals surface area contributed by atoms with Crippen molar-refractivity contribution in [1.29, 1.82) is 0 Å². The summed E-state index contributed by atoms with van der Waals surface area (Å²) in [5.41, 5.74) is 3.51. The lowest BCUT2D eigenvalue weighted by Crippen LogP contribution is -2.30. The molecule has 1 nitrogen and oxygen atoms in total. The van der Waals surface area contributed by atoms with Gasteiger partial charge in [-0.15, -0.1) is 0 Å². The van der Waals surface area contributed by atoms with Gasteiger partial charge in [0.2, 0.25) is 5.69 Å². The SMILES string of the molecule is [2H]c1cc[n+](C)c(-c2ccccc2C)c1. The molecule has 0 saturated heterocycles. The van der Waals surface area contributed by atoms with Gasteiger partial charge in [-0.25, -0.2) is 4.57 Å². The van der Waals surface area contributed by atoms with Gasteiger partial charge in [-0.3, -0.25) is 0 Å². The zero-order valence-corrected chi connectivity index (χ0v) is 8.49. The summed E-state index contributed by atoms with van der Waals surface area (Å²) < 4.78 is 9.68. The Morgan fingerprint density at radius 2 is 1.93 bits per heavy atom. The standard InChI is InChI=1S/C13H14N/c1-11-7-3-4-8-12(11)13-9-5-6-10-14(13)2/h3-10H,1-2H3/q+1/i5D. The van der Waals surface area contributed by atoms with Crippen molar-refractivity contribution in [3.8, 4) is 11.3 Å². The van der Waals surface area contributed by atoms with Crippen molar-refractivity contribution >= 4 is 0 Å². The van der Waals surface area contributed by atoms with Gasteiger partial charge in [0.05, 0.1) is 1.37 Å². The summed E-state index contributed by atoms with van der Waals surface area (Å²) in [6.07, 6.45) is 1.92. The Bertz CT molecular complexity index is 492. The van der Waals surface area contributed by atoms with E-state index in [2.05, 4.69) is 19.1 Å². The molecule has 1 aromatic carbocycles. The molecule has 2 rings (SSSR count). The van der Waals surface area contributed by atoms with E-state index in [0.29, 0.717) is 6.04 Å². The largest absolute Gasteiger partial charge is 0.212 e. The minimum Gasteiger partial charge on any atom is -0.201 e. The van der Waals surface area contributed by atoms with Crippen LogP contribution >= 0.6 is 0 Å². The van der Waals surface area contributed by atoms with Crippen LogP contribution in [-0.4, -0.2) is 0 Å². The first-order valence-corrected chi connectivity index (χ1v) is 4.71. The van der Waals surface area contributed by atoms with E-state index in [1.54, 1.807) is 6.07 Å². The van der Waals surface area contributed by atoms with E-state index < -0.39 is 0 Å². The van der Waals surface area contributed by atoms with Crippen LogP contribution in [0, 0.1) is 6.92 Å². The van der Waals surface area contributed by atoms with Gasteiger partial charge in [0.15, 0.2) is 6.20 Å². The maximum absolute atomic E-state index is 7.64. The first-order valence-electron chi connectivity index (χ1n) is 5.21. The Balaban J connectivity index is 2.64. The summed E-state index contributed by atoms with van der Waals surface area (Å²) in [5, 5.41) is 0. The molecule has 1 heterocycles. The van der Waals surface area contributed by atoms with E-state index in [1.165, 1.54) is 11.1 Å². The van der Waals surface area contributed by atoms with Crippen molar-refractivity contribution in [2.24, 2.45) is 7.05 Å². The zero-order valence-electron chi connectivity index (χ0n) is 9.49. The molecule has 0 saturated carbocycles. The average molecular weight is 185 g/mol. The number of hydrogen-bond acceptors (Lipinski definition) is 0. The summed E-state index contributed by atoms with van der Waals surface area (Å²) in [5.74, 6) is 0. The second-order valence-corrected chi connectivity index (χ2v) is 3.44. The lowest BCUT2D eigenvalue weighted by atomic mass is 10.1. The van der Waals surface area contributed by atoms with Gasteiger partial charge in [0, 0.05) is 17.7 Å². The van der Waals surface area contributed by atoms with Crippen LogP contribution in [-0.2, 0) is 7.05 Å². The predicted molar refractivity (Wildman–Crippen MR) is 57.8 cm³/mol. The van der Waals surface area contributed by atoms with Crippen LogP contribution in [0.15, 0.2) is 48.6 Å². The van der Waals surface area contributed by atoms with E-state index in [-0.39, 0.29) is 0 Å². The van der Waals surface area contributed by atoms with Gasteiger partial charge in [-0.05, 0) is 24.6 Å². The maximum atomic E-state index is 7.64. The van der Waals surface area contributed by atoms with Crippen LogP contribution in [0.3, 0.4) is 0 Å². The van der Waals surface area contributed by atoms with Crippen molar-refractivity contribution in [3.63, 3.8) is 0 Å². The Labute approximate surface area is 86.1 Å². The highest BCUT2D eigenvalue weighted by molar-refractivity contribution is 5.60. The molecule has 0 radical (unpaired) electrons. The summed E-state index contributed by atoms with van der Waals surface area (Å²) in [6.45, 7) is 2.09. The third-order valence-electron chi connectivity index (χ3n) is 2.42. The van der Waals surface area contributed by atoms with Gasteiger partial charge in [-0.1, -0.05) is 18.2 Å². The Hall–Kier alpha value is -1.63. The highest BCUT2D eigenvalue weighted by Gasteiger charge is 2.09. The zero-order chi connectivity index (χ0) is 10.8. The van der Waals surface area contributed by atoms with Crippen molar-refractivity contribution < 1.29 is 5.94 Å². The monoisotopic (exact) mass is 185 g/mol. The number of aryl methyl sites for hydroxylation is 2. The summed E-state index contributed by atoms with van der Waals surface area (Å²) in [7, 11) is 2.00. The van der Waals surface area contributed by atoms with Crippen LogP contribution in [0.5, 0.6) is 0 Å². The fourth-order valence-electron chi connectivity index (χ4n) is 1.59. The lowest BCUT2D eigenvalue weighted by Gasteiger charge is -2.02. The molecule has 0 aliphatic carbocycles. The normalized spacial score (nSPS) is 11.1. The summed E-state index contributed by atoms with van der Waals surface area (Å²) >= 11 is 0. The molecule has 0 unspecified atom stereocenters. The third-order valence-corrected chi connectivity index (χ3v) is 2.42.